The minimum atomic E-state index is -0.267. The summed E-state index contributed by atoms with van der Waals surface area (Å²) >= 11 is 0. The van der Waals surface area contributed by atoms with Crippen LogP contribution in [-0.4, -0.2) is 33.9 Å². The summed E-state index contributed by atoms with van der Waals surface area (Å²) in [4.78, 5) is 22.9. The molecule has 1 aliphatic rings. The molecule has 1 aliphatic heterocycles. The third-order valence-electron chi connectivity index (χ3n) is 4.97. The van der Waals surface area contributed by atoms with Gasteiger partial charge in [-0.15, -0.1) is 0 Å². The zero-order chi connectivity index (χ0) is 20.1. The Morgan fingerprint density at radius 3 is 2.86 bits per heavy atom. The number of halogens is 1. The molecule has 3 aromatic rings. The lowest BCUT2D eigenvalue weighted by molar-refractivity contribution is -0.137. The molecule has 1 fully saturated rings. The van der Waals surface area contributed by atoms with Crippen LogP contribution in [0.15, 0.2) is 59.4 Å². The lowest BCUT2D eigenvalue weighted by Gasteiger charge is -2.33. The number of ether oxygens (including phenoxy) is 1. The second-order valence-corrected chi connectivity index (χ2v) is 7.04. The highest BCUT2D eigenvalue weighted by molar-refractivity contribution is 5.78. The molecule has 3 heterocycles. The Balaban J connectivity index is 1.42. The Morgan fingerprint density at radius 1 is 1.21 bits per heavy atom. The maximum Gasteiger partial charge on any atom is 0.261 e. The smallest absolute Gasteiger partial charge is 0.261 e. The molecule has 150 valence electrons. The third kappa shape index (κ3) is 4.80. The van der Waals surface area contributed by atoms with Gasteiger partial charge in [0, 0.05) is 19.2 Å². The fourth-order valence-electron chi connectivity index (χ4n) is 3.51. The van der Waals surface area contributed by atoms with Crippen molar-refractivity contribution in [1.82, 2.24) is 14.9 Å². The van der Waals surface area contributed by atoms with Crippen molar-refractivity contribution >= 4 is 5.91 Å². The van der Waals surface area contributed by atoms with E-state index in [1.165, 1.54) is 12.1 Å². The third-order valence-corrected chi connectivity index (χ3v) is 4.97. The van der Waals surface area contributed by atoms with Gasteiger partial charge in [0.1, 0.15) is 23.4 Å². The highest BCUT2D eigenvalue weighted by Gasteiger charge is 2.31. The number of oxazole rings is 1. The van der Waals surface area contributed by atoms with Crippen LogP contribution in [0.25, 0.3) is 0 Å². The molecule has 1 saturated heterocycles. The number of nitrogens with zero attached hydrogens (tertiary/aromatic N) is 3. The molecule has 7 heteroatoms. The van der Waals surface area contributed by atoms with Gasteiger partial charge >= 0.3 is 0 Å². The van der Waals surface area contributed by atoms with Crippen LogP contribution < -0.4 is 4.74 Å². The van der Waals surface area contributed by atoms with Crippen molar-refractivity contribution in [2.45, 2.75) is 31.7 Å². The standard InChI is InChI=1S/C22H22FN3O3/c23-17-8-6-16(7-9-17)12-19-14-25-22(29-19)20-5-1-2-11-26(20)21(27)15-28-18-4-3-10-24-13-18/h3-4,6-10,13-14,20H,1-2,5,11-12,15H2/t20-/m1/s1. The summed E-state index contributed by atoms with van der Waals surface area (Å²) in [7, 11) is 0. The first-order valence-corrected chi connectivity index (χ1v) is 9.70. The van der Waals surface area contributed by atoms with Crippen LogP contribution in [0.4, 0.5) is 4.39 Å². The molecule has 0 radical (unpaired) electrons. The van der Waals surface area contributed by atoms with Crippen molar-refractivity contribution < 1.29 is 18.3 Å². The van der Waals surface area contributed by atoms with E-state index in [2.05, 4.69) is 9.97 Å². The predicted molar refractivity (Wildman–Crippen MR) is 104 cm³/mol. The van der Waals surface area contributed by atoms with Crippen LogP contribution in [-0.2, 0) is 11.2 Å². The number of rotatable bonds is 6. The molecule has 29 heavy (non-hydrogen) atoms. The molecular formula is C22H22FN3O3. The minimum absolute atomic E-state index is 0.0503. The van der Waals surface area contributed by atoms with Gasteiger partial charge in [0.05, 0.1) is 12.4 Å². The van der Waals surface area contributed by atoms with Crippen LogP contribution in [0, 0.1) is 5.82 Å². The number of piperidine rings is 1. The quantitative estimate of drug-likeness (QED) is 0.633. The molecule has 0 aliphatic carbocycles. The Kier molecular flexibility index (Phi) is 5.84. The predicted octanol–water partition coefficient (Wildman–Crippen LogP) is 3.93. The van der Waals surface area contributed by atoms with Crippen molar-refractivity contribution in [3.8, 4) is 5.75 Å². The van der Waals surface area contributed by atoms with Gasteiger partial charge in [0.2, 0.25) is 5.89 Å². The van der Waals surface area contributed by atoms with Crippen LogP contribution >= 0.6 is 0 Å². The molecule has 0 bridgehead atoms. The number of carbonyl (C=O) groups is 1. The normalized spacial score (nSPS) is 16.6. The number of amides is 1. The zero-order valence-electron chi connectivity index (χ0n) is 16.0. The Bertz CT molecular complexity index is 943. The summed E-state index contributed by atoms with van der Waals surface area (Å²) in [5.41, 5.74) is 0.940. The molecule has 0 saturated carbocycles. The molecule has 0 N–H and O–H groups in total. The molecule has 1 atom stereocenters. The van der Waals surface area contributed by atoms with Crippen molar-refractivity contribution in [1.29, 1.82) is 0 Å². The number of pyridine rings is 1. The van der Waals surface area contributed by atoms with E-state index in [0.717, 1.165) is 24.8 Å². The highest BCUT2D eigenvalue weighted by atomic mass is 19.1. The average Bonchev–Trinajstić information content (AvgIpc) is 3.23. The summed E-state index contributed by atoms with van der Waals surface area (Å²) in [6, 6.07) is 9.64. The number of benzene rings is 1. The molecule has 4 rings (SSSR count). The summed E-state index contributed by atoms with van der Waals surface area (Å²) in [6.45, 7) is 0.598. The second-order valence-electron chi connectivity index (χ2n) is 7.04. The van der Waals surface area contributed by atoms with Gasteiger partial charge in [-0.3, -0.25) is 9.78 Å². The summed E-state index contributed by atoms with van der Waals surface area (Å²) < 4.78 is 24.6. The first-order valence-electron chi connectivity index (χ1n) is 9.70. The number of aromatic nitrogens is 2. The van der Waals surface area contributed by atoms with Crippen LogP contribution in [0.1, 0.15) is 42.5 Å². The zero-order valence-corrected chi connectivity index (χ0v) is 16.0. The van der Waals surface area contributed by atoms with Gasteiger partial charge in [-0.25, -0.2) is 9.37 Å². The topological polar surface area (TPSA) is 68.5 Å². The molecule has 1 aromatic carbocycles. The maximum absolute atomic E-state index is 13.1. The summed E-state index contributed by atoms with van der Waals surface area (Å²) in [6.07, 6.45) is 8.19. The average molecular weight is 395 g/mol. The first-order chi connectivity index (χ1) is 14.2. The summed E-state index contributed by atoms with van der Waals surface area (Å²) in [5, 5.41) is 0. The molecule has 1 amide bonds. The second kappa shape index (κ2) is 8.86. The number of likely N-dealkylation sites (tertiary alicyclic amines) is 1. The van der Waals surface area contributed by atoms with Gasteiger partial charge in [0.25, 0.3) is 5.91 Å². The van der Waals surface area contributed by atoms with Crippen molar-refractivity contribution in [2.75, 3.05) is 13.2 Å². The van der Waals surface area contributed by atoms with Gasteiger partial charge in [0.15, 0.2) is 6.61 Å². The monoisotopic (exact) mass is 395 g/mol. The van der Waals surface area contributed by atoms with E-state index in [0.29, 0.717) is 30.4 Å². The molecular weight excluding hydrogens is 373 g/mol. The van der Waals surface area contributed by atoms with E-state index in [9.17, 15) is 9.18 Å². The molecule has 0 unspecified atom stereocenters. The van der Waals surface area contributed by atoms with Crippen LogP contribution in [0.3, 0.4) is 0 Å². The lowest BCUT2D eigenvalue weighted by Crippen LogP contribution is -2.41. The van der Waals surface area contributed by atoms with E-state index < -0.39 is 0 Å². The first kappa shape index (κ1) is 19.1. The number of carbonyl (C=O) groups excluding carboxylic acids is 1. The van der Waals surface area contributed by atoms with Gasteiger partial charge < -0.3 is 14.1 Å². The fourth-order valence-corrected chi connectivity index (χ4v) is 3.51. The molecule has 2 aromatic heterocycles. The largest absolute Gasteiger partial charge is 0.482 e. The Labute approximate surface area is 168 Å². The van der Waals surface area contributed by atoms with Gasteiger partial charge in [-0.05, 0) is 49.1 Å². The maximum atomic E-state index is 13.1. The summed E-state index contributed by atoms with van der Waals surface area (Å²) in [5.74, 6) is 1.42. The minimum Gasteiger partial charge on any atom is -0.482 e. The van der Waals surface area contributed by atoms with Crippen LogP contribution in [0.2, 0.25) is 0 Å². The van der Waals surface area contributed by atoms with E-state index in [-0.39, 0.29) is 24.4 Å². The van der Waals surface area contributed by atoms with E-state index in [1.54, 1.807) is 47.8 Å². The fraction of sp³-hybridized carbons (Fsp3) is 0.318. The highest BCUT2D eigenvalue weighted by Crippen LogP contribution is 2.31. The molecule has 0 spiro atoms. The van der Waals surface area contributed by atoms with E-state index in [1.807, 2.05) is 0 Å². The number of hydrogen-bond donors (Lipinski definition) is 0. The van der Waals surface area contributed by atoms with Crippen LogP contribution in [0.5, 0.6) is 5.75 Å². The lowest BCUT2D eigenvalue weighted by atomic mass is 10.0. The van der Waals surface area contributed by atoms with Gasteiger partial charge in [-0.2, -0.15) is 0 Å². The van der Waals surface area contributed by atoms with E-state index >= 15 is 0 Å². The SMILES string of the molecule is O=C(COc1cccnc1)N1CCCC[C@@H]1c1ncc(Cc2ccc(F)cc2)o1. The molecule has 6 nitrogen and oxygen atoms in total. The van der Waals surface area contributed by atoms with E-state index in [4.69, 9.17) is 9.15 Å². The Hall–Kier alpha value is -3.22. The van der Waals surface area contributed by atoms with Crippen molar-refractivity contribution in [3.05, 3.63) is 78.0 Å². The number of hydrogen-bond acceptors (Lipinski definition) is 5. The van der Waals surface area contributed by atoms with Crippen molar-refractivity contribution in [2.24, 2.45) is 0 Å². The van der Waals surface area contributed by atoms with Gasteiger partial charge in [-0.1, -0.05) is 12.1 Å². The Morgan fingerprint density at radius 2 is 2.07 bits per heavy atom. The van der Waals surface area contributed by atoms with Crippen molar-refractivity contribution in [3.63, 3.8) is 0 Å².